The van der Waals surface area contributed by atoms with E-state index in [0.717, 1.165) is 16.0 Å². The van der Waals surface area contributed by atoms with Crippen molar-refractivity contribution >= 4 is 49.3 Å². The van der Waals surface area contributed by atoms with Gasteiger partial charge >= 0.3 is 5.97 Å². The van der Waals surface area contributed by atoms with Crippen LogP contribution in [-0.2, 0) is 14.8 Å². The Bertz CT molecular complexity index is 1310. The average Bonchev–Trinajstić information content (AvgIpc) is 3.32. The molecular formula is C20H18N2O5S2. The first kappa shape index (κ1) is 19.6. The van der Waals surface area contributed by atoms with E-state index in [-0.39, 0.29) is 4.90 Å². The highest BCUT2D eigenvalue weighted by molar-refractivity contribution is 7.89. The van der Waals surface area contributed by atoms with Crippen LogP contribution in [0.4, 0.5) is 0 Å². The van der Waals surface area contributed by atoms with E-state index in [1.165, 1.54) is 23.5 Å². The van der Waals surface area contributed by atoms with Crippen LogP contribution in [0.1, 0.15) is 13.8 Å². The Morgan fingerprint density at radius 2 is 1.93 bits per heavy atom. The van der Waals surface area contributed by atoms with Gasteiger partial charge in [-0.2, -0.15) is 4.72 Å². The molecule has 0 fully saturated rings. The summed E-state index contributed by atoms with van der Waals surface area (Å²) in [6.45, 7) is 3.29. The van der Waals surface area contributed by atoms with Crippen LogP contribution in [0.3, 0.4) is 0 Å². The lowest BCUT2D eigenvalue weighted by atomic mass is 10.1. The number of nitrogens with zero attached hydrogens (tertiary/aromatic N) is 1. The summed E-state index contributed by atoms with van der Waals surface area (Å²) in [4.78, 5) is 15.7. The molecular weight excluding hydrogens is 412 g/mol. The molecule has 1 atom stereocenters. The van der Waals surface area contributed by atoms with Crippen LogP contribution in [0.5, 0.6) is 0 Å². The molecule has 150 valence electrons. The summed E-state index contributed by atoms with van der Waals surface area (Å²) in [7, 11) is -4.01. The van der Waals surface area contributed by atoms with Gasteiger partial charge < -0.3 is 9.52 Å². The predicted molar refractivity (Wildman–Crippen MR) is 111 cm³/mol. The molecule has 4 aromatic rings. The molecule has 2 aromatic carbocycles. The van der Waals surface area contributed by atoms with Crippen LogP contribution in [-0.4, -0.2) is 30.5 Å². The van der Waals surface area contributed by atoms with Crippen LogP contribution >= 0.6 is 11.3 Å². The second kappa shape index (κ2) is 7.25. The van der Waals surface area contributed by atoms with Gasteiger partial charge in [-0.15, -0.1) is 11.3 Å². The first-order valence-corrected chi connectivity index (χ1v) is 11.2. The molecule has 0 bridgehead atoms. The number of hydrogen-bond donors (Lipinski definition) is 2. The molecule has 29 heavy (non-hydrogen) atoms. The number of aliphatic carboxylic acids is 1. The summed E-state index contributed by atoms with van der Waals surface area (Å²) in [5, 5.41) is 13.5. The first-order valence-electron chi connectivity index (χ1n) is 8.87. The Hall–Kier alpha value is -2.75. The molecule has 7 nitrogen and oxygen atoms in total. The number of nitrogens with one attached hydrogen (secondary N) is 1. The highest BCUT2D eigenvalue weighted by Gasteiger charge is 2.28. The second-order valence-corrected chi connectivity index (χ2v) is 9.60. The Morgan fingerprint density at radius 3 is 2.59 bits per heavy atom. The Morgan fingerprint density at radius 1 is 1.14 bits per heavy atom. The second-order valence-electron chi connectivity index (χ2n) is 6.99. The molecule has 0 saturated carbocycles. The quantitative estimate of drug-likeness (QED) is 0.477. The van der Waals surface area contributed by atoms with Crippen LogP contribution in [0, 0.1) is 5.92 Å². The number of fused-ring (bicyclic) bond motifs is 3. The minimum absolute atomic E-state index is 0.0106. The summed E-state index contributed by atoms with van der Waals surface area (Å²) in [5.74, 6) is -1.61. The van der Waals surface area contributed by atoms with Gasteiger partial charge in [0.15, 0.2) is 0 Å². The molecule has 0 aliphatic rings. The summed E-state index contributed by atoms with van der Waals surface area (Å²) in [6.07, 6.45) is 1.73. The van der Waals surface area contributed by atoms with E-state index < -0.39 is 28.0 Å². The summed E-state index contributed by atoms with van der Waals surface area (Å²) in [5.41, 5.74) is 2.09. The van der Waals surface area contributed by atoms with Gasteiger partial charge in [-0.1, -0.05) is 19.9 Å². The lowest BCUT2D eigenvalue weighted by Crippen LogP contribution is -2.44. The lowest BCUT2D eigenvalue weighted by molar-refractivity contribution is -0.140. The van der Waals surface area contributed by atoms with Crippen molar-refractivity contribution in [2.75, 3.05) is 0 Å². The smallest absolute Gasteiger partial charge is 0.322 e. The largest absolute Gasteiger partial charge is 0.480 e. The molecule has 0 spiro atoms. The van der Waals surface area contributed by atoms with Crippen LogP contribution < -0.4 is 4.72 Å². The van der Waals surface area contributed by atoms with Crippen molar-refractivity contribution in [3.05, 3.63) is 48.0 Å². The Kier molecular flexibility index (Phi) is 4.89. The normalized spacial score (nSPS) is 13.3. The van der Waals surface area contributed by atoms with Gasteiger partial charge in [-0.3, -0.25) is 4.79 Å². The third kappa shape index (κ3) is 3.64. The molecule has 0 amide bonds. The highest BCUT2D eigenvalue weighted by Crippen LogP contribution is 2.34. The van der Waals surface area contributed by atoms with Crippen LogP contribution in [0.25, 0.3) is 32.5 Å². The maximum absolute atomic E-state index is 12.8. The van der Waals surface area contributed by atoms with E-state index in [1.54, 1.807) is 26.1 Å². The number of carboxylic acid groups (broad SMARTS) is 1. The van der Waals surface area contributed by atoms with Gasteiger partial charge in [0.25, 0.3) is 0 Å². The van der Waals surface area contributed by atoms with Gasteiger partial charge in [0, 0.05) is 27.9 Å². The number of furan rings is 1. The van der Waals surface area contributed by atoms with Crippen LogP contribution in [0.2, 0.25) is 0 Å². The molecule has 2 aromatic heterocycles. The number of sulfonamides is 1. The minimum Gasteiger partial charge on any atom is -0.480 e. The highest BCUT2D eigenvalue weighted by atomic mass is 32.2. The molecule has 2 N–H and O–H groups in total. The Balaban J connectivity index is 1.77. The maximum atomic E-state index is 12.8. The SMILES string of the molecule is CC(C)[C@@H](NS(=O)(=O)c1ccc2oc3cc(-c4nccs4)ccc3c2c1)C(=O)O. The predicted octanol–water partition coefficient (Wildman–Crippen LogP) is 4.10. The Labute approximate surface area is 171 Å². The molecule has 0 aliphatic carbocycles. The molecule has 0 unspecified atom stereocenters. The zero-order valence-electron chi connectivity index (χ0n) is 15.6. The fourth-order valence-electron chi connectivity index (χ4n) is 3.13. The summed E-state index contributed by atoms with van der Waals surface area (Å²) >= 11 is 1.52. The van der Waals surface area contributed by atoms with Crippen molar-refractivity contribution in [2.24, 2.45) is 5.92 Å². The average molecular weight is 431 g/mol. The standard InChI is InChI=1S/C20H18N2O5S2/c1-11(2)18(20(23)24)22-29(25,26)13-4-6-16-15(10-13)14-5-3-12(9-17(14)27-16)19-21-7-8-28-19/h3-11,18,22H,1-2H3,(H,23,24)/t18-/m1/s1. The number of carboxylic acids is 1. The molecule has 0 aliphatic heterocycles. The van der Waals surface area contributed by atoms with Crippen molar-refractivity contribution in [2.45, 2.75) is 24.8 Å². The molecule has 2 heterocycles. The van der Waals surface area contributed by atoms with Crippen molar-refractivity contribution in [3.63, 3.8) is 0 Å². The van der Waals surface area contributed by atoms with E-state index in [2.05, 4.69) is 9.71 Å². The fourth-order valence-corrected chi connectivity index (χ4v) is 5.13. The number of hydrogen-bond acceptors (Lipinski definition) is 6. The molecule has 0 saturated heterocycles. The van der Waals surface area contributed by atoms with Crippen LogP contribution in [0.15, 0.2) is 57.3 Å². The van der Waals surface area contributed by atoms with E-state index in [4.69, 9.17) is 4.42 Å². The number of benzene rings is 2. The van der Waals surface area contributed by atoms with E-state index >= 15 is 0 Å². The topological polar surface area (TPSA) is 110 Å². The van der Waals surface area contributed by atoms with Gasteiger partial charge in [-0.05, 0) is 36.2 Å². The molecule has 9 heteroatoms. The number of thiazole rings is 1. The zero-order valence-corrected chi connectivity index (χ0v) is 17.3. The monoisotopic (exact) mass is 430 g/mol. The van der Waals surface area contributed by atoms with Crippen molar-refractivity contribution in [1.82, 2.24) is 9.71 Å². The van der Waals surface area contributed by atoms with Gasteiger partial charge in [-0.25, -0.2) is 13.4 Å². The van der Waals surface area contributed by atoms with E-state index in [0.29, 0.717) is 16.6 Å². The number of carbonyl (C=O) groups is 1. The van der Waals surface area contributed by atoms with Crippen molar-refractivity contribution in [1.29, 1.82) is 0 Å². The lowest BCUT2D eigenvalue weighted by Gasteiger charge is -2.17. The summed E-state index contributed by atoms with van der Waals surface area (Å²) < 4.78 is 33.7. The van der Waals surface area contributed by atoms with Gasteiger partial charge in [0.1, 0.15) is 22.2 Å². The summed E-state index contributed by atoms with van der Waals surface area (Å²) in [6, 6.07) is 8.94. The van der Waals surface area contributed by atoms with Crippen molar-refractivity contribution < 1.29 is 22.7 Å². The van der Waals surface area contributed by atoms with Gasteiger partial charge in [0.2, 0.25) is 10.0 Å². The van der Waals surface area contributed by atoms with Gasteiger partial charge in [0.05, 0.1) is 4.90 Å². The molecule has 0 radical (unpaired) electrons. The van der Waals surface area contributed by atoms with E-state index in [9.17, 15) is 18.3 Å². The minimum atomic E-state index is -4.01. The number of rotatable bonds is 6. The maximum Gasteiger partial charge on any atom is 0.322 e. The third-order valence-corrected chi connectivity index (χ3v) is 6.91. The zero-order chi connectivity index (χ0) is 20.8. The first-order chi connectivity index (χ1) is 13.8. The third-order valence-electron chi connectivity index (χ3n) is 4.65. The van der Waals surface area contributed by atoms with Crippen molar-refractivity contribution in [3.8, 4) is 10.6 Å². The fraction of sp³-hybridized carbons (Fsp3) is 0.200. The molecule has 4 rings (SSSR count). The van der Waals surface area contributed by atoms with E-state index in [1.807, 2.05) is 23.6 Å². The number of aromatic nitrogens is 1.